The molecule has 0 saturated carbocycles. The minimum absolute atomic E-state index is 0.0409. The van der Waals surface area contributed by atoms with Crippen molar-refractivity contribution in [3.63, 3.8) is 0 Å². The molecular weight excluding hydrogens is 176 g/mol. The predicted molar refractivity (Wildman–Crippen MR) is 59.1 cm³/mol. The molecule has 0 aromatic carbocycles. The van der Waals surface area contributed by atoms with Gasteiger partial charge in [-0.15, -0.1) is 0 Å². The van der Waals surface area contributed by atoms with Crippen LogP contribution >= 0.6 is 0 Å². The first kappa shape index (κ1) is 13.2. The maximum Gasteiger partial charge on any atom is 0.333 e. The highest BCUT2D eigenvalue weighted by molar-refractivity contribution is 5.87. The van der Waals surface area contributed by atoms with Crippen molar-refractivity contribution in [1.82, 2.24) is 0 Å². The molecule has 0 aliphatic heterocycles. The fourth-order valence-corrected chi connectivity index (χ4v) is 1.48. The van der Waals surface area contributed by atoms with Crippen molar-refractivity contribution < 1.29 is 9.53 Å². The van der Waals surface area contributed by atoms with E-state index < -0.39 is 0 Å². The smallest absolute Gasteiger partial charge is 0.333 e. The Labute approximate surface area is 87.3 Å². The lowest BCUT2D eigenvalue weighted by molar-refractivity contribution is -0.147. The minimum atomic E-state index is -0.264. The summed E-state index contributed by atoms with van der Waals surface area (Å²) in [6.45, 7) is 11.6. The molecule has 2 heteroatoms. The Hall–Kier alpha value is -0.790. The minimum Gasteiger partial charge on any atom is -0.459 e. The van der Waals surface area contributed by atoms with E-state index >= 15 is 0 Å². The van der Waals surface area contributed by atoms with Gasteiger partial charge in [-0.05, 0) is 25.7 Å². The fourth-order valence-electron chi connectivity index (χ4n) is 1.48. The first-order valence-corrected chi connectivity index (χ1v) is 5.39. The van der Waals surface area contributed by atoms with Crippen LogP contribution in [0.3, 0.4) is 0 Å². The van der Waals surface area contributed by atoms with Crippen molar-refractivity contribution >= 4 is 5.97 Å². The van der Waals surface area contributed by atoms with E-state index in [-0.39, 0.29) is 12.1 Å². The molecule has 0 fully saturated rings. The highest BCUT2D eigenvalue weighted by Crippen LogP contribution is 2.17. The molecule has 0 aromatic heterocycles. The largest absolute Gasteiger partial charge is 0.459 e. The Morgan fingerprint density at radius 1 is 1.43 bits per heavy atom. The van der Waals surface area contributed by atoms with Crippen LogP contribution in [0.5, 0.6) is 0 Å². The molecule has 0 aliphatic rings. The molecule has 2 atom stereocenters. The van der Waals surface area contributed by atoms with Crippen LogP contribution in [0.1, 0.15) is 47.0 Å². The van der Waals surface area contributed by atoms with Gasteiger partial charge in [0.1, 0.15) is 6.10 Å². The van der Waals surface area contributed by atoms with E-state index in [1.165, 1.54) is 0 Å². The van der Waals surface area contributed by atoms with Crippen LogP contribution in [-0.2, 0) is 9.53 Å². The van der Waals surface area contributed by atoms with Crippen molar-refractivity contribution in [3.8, 4) is 0 Å². The third-order valence-electron chi connectivity index (χ3n) is 2.39. The zero-order valence-corrected chi connectivity index (χ0v) is 9.80. The van der Waals surface area contributed by atoms with Gasteiger partial charge >= 0.3 is 5.97 Å². The lowest BCUT2D eigenvalue weighted by atomic mass is 9.97. The van der Waals surface area contributed by atoms with Crippen LogP contribution in [0, 0.1) is 5.92 Å². The average molecular weight is 198 g/mol. The summed E-state index contributed by atoms with van der Waals surface area (Å²) in [5.41, 5.74) is 0.479. The third-order valence-corrected chi connectivity index (χ3v) is 2.39. The first-order chi connectivity index (χ1) is 6.52. The molecule has 0 amide bonds. The predicted octanol–water partition coefficient (Wildman–Crippen LogP) is 3.32. The van der Waals surface area contributed by atoms with Gasteiger partial charge in [0.25, 0.3) is 0 Å². The van der Waals surface area contributed by atoms with Gasteiger partial charge in [-0.2, -0.15) is 0 Å². The van der Waals surface area contributed by atoms with E-state index in [2.05, 4.69) is 20.4 Å². The monoisotopic (exact) mass is 198 g/mol. The van der Waals surface area contributed by atoms with Crippen LogP contribution in [0.2, 0.25) is 0 Å². The number of carbonyl (C=O) groups excluding carboxylic acids is 1. The first-order valence-electron chi connectivity index (χ1n) is 5.39. The normalized spacial score (nSPS) is 14.6. The average Bonchev–Trinajstić information content (AvgIpc) is 2.13. The second-order valence-corrected chi connectivity index (χ2v) is 3.90. The van der Waals surface area contributed by atoms with E-state index in [0.717, 1.165) is 19.3 Å². The third kappa shape index (κ3) is 4.45. The highest BCUT2D eigenvalue weighted by Gasteiger charge is 2.19. The van der Waals surface area contributed by atoms with Crippen molar-refractivity contribution in [1.29, 1.82) is 0 Å². The second kappa shape index (κ2) is 6.63. The summed E-state index contributed by atoms with van der Waals surface area (Å²) in [5, 5.41) is 0. The molecule has 0 bridgehead atoms. The lowest BCUT2D eigenvalue weighted by Crippen LogP contribution is -2.24. The zero-order chi connectivity index (χ0) is 11.1. The van der Waals surface area contributed by atoms with Gasteiger partial charge in [-0.3, -0.25) is 0 Å². The molecule has 0 rings (SSSR count). The Morgan fingerprint density at radius 2 is 2.00 bits per heavy atom. The van der Waals surface area contributed by atoms with E-state index in [4.69, 9.17) is 4.74 Å². The molecule has 2 unspecified atom stereocenters. The van der Waals surface area contributed by atoms with Gasteiger partial charge in [-0.25, -0.2) is 4.79 Å². The molecule has 0 radical (unpaired) electrons. The van der Waals surface area contributed by atoms with Crippen molar-refractivity contribution in [2.24, 2.45) is 5.92 Å². The summed E-state index contributed by atoms with van der Waals surface area (Å²) in [6, 6.07) is 0. The Balaban J connectivity index is 4.14. The van der Waals surface area contributed by atoms with Crippen molar-refractivity contribution in [2.75, 3.05) is 0 Å². The maximum absolute atomic E-state index is 11.3. The van der Waals surface area contributed by atoms with Crippen LogP contribution in [-0.4, -0.2) is 12.1 Å². The Morgan fingerprint density at radius 3 is 2.36 bits per heavy atom. The standard InChI is InChI=1S/C12H22O2/c1-6-8-10(5)11(7-2)14-12(13)9(3)4/h10-11H,3,6-8H2,1-2,4-5H3. The Bertz CT molecular complexity index is 196. The Kier molecular flexibility index (Phi) is 6.26. The molecule has 0 spiro atoms. The molecular formula is C12H22O2. The number of hydrogen-bond acceptors (Lipinski definition) is 2. The van der Waals surface area contributed by atoms with Gasteiger partial charge < -0.3 is 4.74 Å². The summed E-state index contributed by atoms with van der Waals surface area (Å²) < 4.78 is 5.34. The van der Waals surface area contributed by atoms with Crippen LogP contribution < -0.4 is 0 Å². The van der Waals surface area contributed by atoms with E-state index in [9.17, 15) is 4.79 Å². The maximum atomic E-state index is 11.3. The number of rotatable bonds is 6. The van der Waals surface area contributed by atoms with Crippen molar-refractivity contribution in [3.05, 3.63) is 12.2 Å². The fraction of sp³-hybridized carbons (Fsp3) is 0.750. The van der Waals surface area contributed by atoms with Gasteiger partial charge in [0.05, 0.1) is 0 Å². The molecule has 0 N–H and O–H groups in total. The number of esters is 1. The summed E-state index contributed by atoms with van der Waals surface area (Å²) in [5.74, 6) is 0.174. The quantitative estimate of drug-likeness (QED) is 0.483. The molecule has 14 heavy (non-hydrogen) atoms. The SMILES string of the molecule is C=C(C)C(=O)OC(CC)C(C)CCC. The summed E-state index contributed by atoms with van der Waals surface area (Å²) >= 11 is 0. The van der Waals surface area contributed by atoms with Gasteiger partial charge in [-0.1, -0.05) is 33.8 Å². The summed E-state index contributed by atoms with van der Waals surface area (Å²) in [6.07, 6.45) is 3.14. The number of ether oxygens (including phenoxy) is 1. The van der Waals surface area contributed by atoms with Crippen LogP contribution in [0.4, 0.5) is 0 Å². The topological polar surface area (TPSA) is 26.3 Å². The zero-order valence-electron chi connectivity index (χ0n) is 9.80. The van der Waals surface area contributed by atoms with E-state index in [1.54, 1.807) is 6.92 Å². The van der Waals surface area contributed by atoms with Crippen LogP contribution in [0.15, 0.2) is 12.2 Å². The van der Waals surface area contributed by atoms with Gasteiger partial charge in [0.15, 0.2) is 0 Å². The lowest BCUT2D eigenvalue weighted by Gasteiger charge is -2.22. The van der Waals surface area contributed by atoms with Crippen LogP contribution in [0.25, 0.3) is 0 Å². The highest BCUT2D eigenvalue weighted by atomic mass is 16.5. The van der Waals surface area contributed by atoms with Crippen molar-refractivity contribution in [2.45, 2.75) is 53.1 Å². The second-order valence-electron chi connectivity index (χ2n) is 3.90. The van der Waals surface area contributed by atoms with E-state index in [1.807, 2.05) is 6.92 Å². The summed E-state index contributed by atoms with van der Waals surface area (Å²) in [7, 11) is 0. The molecule has 2 nitrogen and oxygen atoms in total. The summed E-state index contributed by atoms with van der Waals surface area (Å²) in [4.78, 5) is 11.3. The van der Waals surface area contributed by atoms with E-state index in [0.29, 0.717) is 11.5 Å². The molecule has 0 heterocycles. The number of carbonyl (C=O) groups is 1. The molecule has 82 valence electrons. The molecule has 0 saturated heterocycles. The van der Waals surface area contributed by atoms with Gasteiger partial charge in [0, 0.05) is 5.57 Å². The van der Waals surface area contributed by atoms with Gasteiger partial charge in [0.2, 0.25) is 0 Å². The molecule has 0 aromatic rings. The molecule has 0 aliphatic carbocycles. The number of hydrogen-bond donors (Lipinski definition) is 0.